The van der Waals surface area contributed by atoms with Crippen LogP contribution in [0.3, 0.4) is 0 Å². The van der Waals surface area contributed by atoms with Crippen molar-refractivity contribution in [1.82, 2.24) is 4.90 Å². The molecule has 2 N–H and O–H groups in total. The molecule has 6 heteroatoms. The van der Waals surface area contributed by atoms with Crippen molar-refractivity contribution >= 4 is 23.3 Å². The van der Waals surface area contributed by atoms with Gasteiger partial charge in [-0.15, -0.1) is 0 Å². The molecule has 152 valence electrons. The van der Waals surface area contributed by atoms with Crippen molar-refractivity contribution in [3.05, 3.63) is 53.1 Å². The fraction of sp³-hybridized carbons (Fsp3) is 0.391. The van der Waals surface area contributed by atoms with Crippen molar-refractivity contribution < 1.29 is 14.3 Å². The van der Waals surface area contributed by atoms with Crippen molar-refractivity contribution in [3.8, 4) is 5.75 Å². The maximum Gasteiger partial charge on any atom is 0.323 e. The van der Waals surface area contributed by atoms with Crippen molar-refractivity contribution in [2.24, 2.45) is 0 Å². The van der Waals surface area contributed by atoms with Crippen LogP contribution < -0.4 is 15.4 Å². The van der Waals surface area contributed by atoms with Gasteiger partial charge in [-0.3, -0.25) is 4.79 Å². The van der Waals surface area contributed by atoms with E-state index < -0.39 is 0 Å². The number of rotatable bonds is 2. The van der Waals surface area contributed by atoms with Gasteiger partial charge in [0.1, 0.15) is 5.75 Å². The van der Waals surface area contributed by atoms with Crippen molar-refractivity contribution in [2.45, 2.75) is 45.6 Å². The summed E-state index contributed by atoms with van der Waals surface area (Å²) in [6.45, 7) is 5.37. The molecular formula is C23H27N3O3. The van der Waals surface area contributed by atoms with Gasteiger partial charge in [0.2, 0.25) is 0 Å². The molecule has 2 heterocycles. The lowest BCUT2D eigenvalue weighted by Gasteiger charge is -2.37. The van der Waals surface area contributed by atoms with Crippen LogP contribution in [-0.2, 0) is 0 Å². The third kappa shape index (κ3) is 4.36. The summed E-state index contributed by atoms with van der Waals surface area (Å²) in [5.74, 6) is 0.571. The number of ether oxygens (including phenoxy) is 1. The molecule has 0 aliphatic carbocycles. The molecule has 4 rings (SSSR count). The topological polar surface area (TPSA) is 70.7 Å². The Morgan fingerprint density at radius 2 is 1.76 bits per heavy atom. The van der Waals surface area contributed by atoms with E-state index >= 15 is 0 Å². The zero-order valence-electron chi connectivity index (χ0n) is 17.0. The van der Waals surface area contributed by atoms with Gasteiger partial charge in [0.05, 0.1) is 12.2 Å². The number of piperidine rings is 1. The van der Waals surface area contributed by atoms with Crippen LogP contribution >= 0.6 is 0 Å². The highest BCUT2D eigenvalue weighted by atomic mass is 16.5. The van der Waals surface area contributed by atoms with E-state index in [2.05, 4.69) is 16.7 Å². The minimum absolute atomic E-state index is 0.0113. The fourth-order valence-corrected chi connectivity index (χ4v) is 4.27. The van der Waals surface area contributed by atoms with Crippen LogP contribution in [0.15, 0.2) is 36.4 Å². The Balaban J connectivity index is 1.52. The fourth-order valence-electron chi connectivity index (χ4n) is 4.27. The standard InChI is InChI=1S/C23H27N3O3/c1-15-11-16(2)13-18(12-15)25-23(28)24-17-6-7-21-20(14-17)22(27)26-9-4-3-5-19(26)8-10-29-21/h6-7,11-14,19H,3-5,8-10H2,1-2H3,(H2,24,25,28). The van der Waals surface area contributed by atoms with Gasteiger partial charge in [0, 0.05) is 30.4 Å². The van der Waals surface area contributed by atoms with E-state index in [1.807, 2.05) is 30.9 Å². The Hall–Kier alpha value is -3.02. The smallest absolute Gasteiger partial charge is 0.323 e. The number of amides is 3. The van der Waals surface area contributed by atoms with Crippen LogP contribution in [0.5, 0.6) is 5.75 Å². The first-order valence-corrected chi connectivity index (χ1v) is 10.2. The molecule has 2 aromatic rings. The second-order valence-electron chi connectivity index (χ2n) is 7.95. The summed E-state index contributed by atoms with van der Waals surface area (Å²) >= 11 is 0. The van der Waals surface area contributed by atoms with E-state index in [1.54, 1.807) is 18.2 Å². The number of carbonyl (C=O) groups excluding carboxylic acids is 2. The molecule has 0 aromatic heterocycles. The molecule has 0 spiro atoms. The zero-order valence-corrected chi connectivity index (χ0v) is 17.0. The number of fused-ring (bicyclic) bond motifs is 2. The number of anilines is 2. The molecule has 3 amide bonds. The Morgan fingerprint density at radius 1 is 1.00 bits per heavy atom. The maximum absolute atomic E-state index is 13.1. The number of carbonyl (C=O) groups is 2. The molecule has 0 radical (unpaired) electrons. The quantitative estimate of drug-likeness (QED) is 0.775. The molecular weight excluding hydrogens is 366 g/mol. The minimum Gasteiger partial charge on any atom is -0.493 e. The molecule has 6 nitrogen and oxygen atoms in total. The van der Waals surface area contributed by atoms with Gasteiger partial charge in [-0.25, -0.2) is 4.79 Å². The number of aryl methyl sites for hydroxylation is 2. The van der Waals surface area contributed by atoms with Crippen LogP contribution in [0.1, 0.15) is 47.2 Å². The van der Waals surface area contributed by atoms with Crippen molar-refractivity contribution in [3.63, 3.8) is 0 Å². The number of nitrogens with zero attached hydrogens (tertiary/aromatic N) is 1. The van der Waals surface area contributed by atoms with Gasteiger partial charge < -0.3 is 20.3 Å². The summed E-state index contributed by atoms with van der Waals surface area (Å²) in [6.07, 6.45) is 4.08. The van der Waals surface area contributed by atoms with E-state index in [1.165, 1.54) is 0 Å². The van der Waals surface area contributed by atoms with Gasteiger partial charge in [0.15, 0.2) is 0 Å². The monoisotopic (exact) mass is 393 g/mol. The predicted octanol–water partition coefficient (Wildman–Crippen LogP) is 4.72. The lowest BCUT2D eigenvalue weighted by Crippen LogP contribution is -2.45. The van der Waals surface area contributed by atoms with E-state index in [0.29, 0.717) is 23.6 Å². The van der Waals surface area contributed by atoms with Crippen molar-refractivity contribution in [1.29, 1.82) is 0 Å². The average Bonchev–Trinajstić information content (AvgIpc) is 2.67. The van der Waals surface area contributed by atoms with Gasteiger partial charge in [-0.2, -0.15) is 0 Å². The lowest BCUT2D eigenvalue weighted by atomic mass is 9.97. The Bertz CT molecular complexity index is 921. The highest BCUT2D eigenvalue weighted by Crippen LogP contribution is 2.31. The molecule has 1 unspecified atom stereocenters. The number of benzene rings is 2. The van der Waals surface area contributed by atoms with Crippen LogP contribution in [0.2, 0.25) is 0 Å². The molecule has 2 aromatic carbocycles. The number of hydrogen-bond donors (Lipinski definition) is 2. The zero-order chi connectivity index (χ0) is 20.4. The summed E-state index contributed by atoms with van der Waals surface area (Å²) in [7, 11) is 0. The second kappa shape index (κ2) is 8.15. The lowest BCUT2D eigenvalue weighted by molar-refractivity contribution is 0.0548. The first-order valence-electron chi connectivity index (χ1n) is 10.2. The first-order chi connectivity index (χ1) is 14.0. The summed E-state index contributed by atoms with van der Waals surface area (Å²) in [5.41, 5.74) is 3.99. The summed E-state index contributed by atoms with van der Waals surface area (Å²) in [5, 5.41) is 5.69. The molecule has 1 atom stereocenters. The molecule has 2 aliphatic heterocycles. The third-order valence-corrected chi connectivity index (χ3v) is 5.54. The Morgan fingerprint density at radius 3 is 2.55 bits per heavy atom. The molecule has 29 heavy (non-hydrogen) atoms. The van der Waals surface area contributed by atoms with Crippen molar-refractivity contribution in [2.75, 3.05) is 23.8 Å². The minimum atomic E-state index is -0.343. The summed E-state index contributed by atoms with van der Waals surface area (Å²) < 4.78 is 5.85. The summed E-state index contributed by atoms with van der Waals surface area (Å²) in [6, 6.07) is 11.0. The number of hydrogen-bond acceptors (Lipinski definition) is 3. The Labute approximate surface area is 171 Å². The third-order valence-electron chi connectivity index (χ3n) is 5.54. The molecule has 1 saturated heterocycles. The van der Waals surface area contributed by atoms with Crippen LogP contribution in [0.4, 0.5) is 16.2 Å². The SMILES string of the molecule is Cc1cc(C)cc(NC(=O)Nc2ccc3c(c2)C(=O)N2CCCCC2CCO3)c1. The maximum atomic E-state index is 13.1. The summed E-state index contributed by atoms with van der Waals surface area (Å²) in [4.78, 5) is 27.6. The average molecular weight is 393 g/mol. The second-order valence-corrected chi connectivity index (χ2v) is 7.95. The number of urea groups is 1. The predicted molar refractivity (Wildman–Crippen MR) is 114 cm³/mol. The molecule has 1 fully saturated rings. The molecule has 2 aliphatic rings. The highest BCUT2D eigenvalue weighted by molar-refractivity contribution is 6.02. The van der Waals surface area contributed by atoms with E-state index in [9.17, 15) is 9.59 Å². The first kappa shape index (κ1) is 19.3. The van der Waals surface area contributed by atoms with E-state index in [4.69, 9.17) is 4.74 Å². The van der Waals surface area contributed by atoms with Gasteiger partial charge >= 0.3 is 6.03 Å². The van der Waals surface area contributed by atoms with Gasteiger partial charge in [0.25, 0.3) is 5.91 Å². The Kier molecular flexibility index (Phi) is 5.43. The largest absolute Gasteiger partial charge is 0.493 e. The molecule has 0 bridgehead atoms. The van der Waals surface area contributed by atoms with Crippen LogP contribution in [0.25, 0.3) is 0 Å². The van der Waals surface area contributed by atoms with Gasteiger partial charge in [-0.1, -0.05) is 6.07 Å². The van der Waals surface area contributed by atoms with E-state index in [-0.39, 0.29) is 18.0 Å². The normalized spacial score (nSPS) is 18.6. The van der Waals surface area contributed by atoms with Gasteiger partial charge in [-0.05, 0) is 74.6 Å². The highest BCUT2D eigenvalue weighted by Gasteiger charge is 2.31. The molecule has 0 saturated carbocycles. The van der Waals surface area contributed by atoms with Crippen LogP contribution in [0, 0.1) is 13.8 Å². The van der Waals surface area contributed by atoms with Crippen LogP contribution in [-0.4, -0.2) is 36.0 Å². The van der Waals surface area contributed by atoms with E-state index in [0.717, 1.165) is 49.0 Å². The number of nitrogens with one attached hydrogen (secondary N) is 2.